The molecule has 0 radical (unpaired) electrons. The van der Waals surface area contributed by atoms with Crippen LogP contribution in [0.25, 0.3) is 11.4 Å². The Morgan fingerprint density at radius 3 is 2.78 bits per heavy atom. The van der Waals surface area contributed by atoms with E-state index >= 15 is 0 Å². The molecule has 0 saturated heterocycles. The Balaban J connectivity index is 1.58. The first-order valence-corrected chi connectivity index (χ1v) is 10.1. The van der Waals surface area contributed by atoms with Gasteiger partial charge < -0.3 is 4.57 Å². The van der Waals surface area contributed by atoms with E-state index in [4.69, 9.17) is 0 Å². The van der Waals surface area contributed by atoms with Crippen LogP contribution in [0.2, 0.25) is 0 Å². The third-order valence-corrected chi connectivity index (χ3v) is 5.11. The molecule has 3 rings (SSSR count). The van der Waals surface area contributed by atoms with Crippen molar-refractivity contribution in [1.29, 1.82) is 0 Å². The van der Waals surface area contributed by atoms with Crippen LogP contribution in [-0.2, 0) is 11.3 Å². The quantitative estimate of drug-likeness (QED) is 0.340. The van der Waals surface area contributed by atoms with Gasteiger partial charge >= 0.3 is 0 Å². The molecule has 0 aliphatic heterocycles. The number of nitrogens with one attached hydrogen (secondary N) is 1. The van der Waals surface area contributed by atoms with Gasteiger partial charge in [0.1, 0.15) is 0 Å². The number of rotatable bonds is 7. The molecule has 2 aromatic carbocycles. The first-order valence-electron chi connectivity index (χ1n) is 8.36. The van der Waals surface area contributed by atoms with E-state index in [1.165, 1.54) is 11.8 Å². The molecule has 3 aromatic rings. The van der Waals surface area contributed by atoms with E-state index in [0.717, 1.165) is 28.0 Å². The zero-order valence-electron chi connectivity index (χ0n) is 14.7. The molecule has 138 valence electrons. The maximum atomic E-state index is 12.0. The lowest BCUT2D eigenvalue weighted by atomic mass is 10.2. The number of nitrogens with zero attached hydrogens (tertiary/aromatic N) is 4. The summed E-state index contributed by atoms with van der Waals surface area (Å²) in [4.78, 5) is 12.0. The van der Waals surface area contributed by atoms with Gasteiger partial charge in [-0.2, -0.15) is 5.10 Å². The van der Waals surface area contributed by atoms with Gasteiger partial charge in [-0.05, 0) is 24.6 Å². The summed E-state index contributed by atoms with van der Waals surface area (Å²) in [5, 5.41) is 13.2. The molecule has 0 saturated carbocycles. The van der Waals surface area contributed by atoms with Crippen LogP contribution < -0.4 is 5.43 Å². The number of carbonyl (C=O) groups is 1. The summed E-state index contributed by atoms with van der Waals surface area (Å²) in [7, 11) is 0. The second-order valence-electron chi connectivity index (χ2n) is 5.55. The molecule has 8 heteroatoms. The zero-order valence-corrected chi connectivity index (χ0v) is 17.1. The number of halogens is 1. The zero-order chi connectivity index (χ0) is 19.1. The summed E-state index contributed by atoms with van der Waals surface area (Å²) in [5.74, 6) is 0.815. The van der Waals surface area contributed by atoms with E-state index in [-0.39, 0.29) is 11.7 Å². The van der Waals surface area contributed by atoms with Gasteiger partial charge in [-0.15, -0.1) is 10.2 Å². The Hall–Kier alpha value is -2.45. The van der Waals surface area contributed by atoms with Crippen LogP contribution >= 0.6 is 27.7 Å². The van der Waals surface area contributed by atoms with Crippen molar-refractivity contribution in [3.63, 3.8) is 0 Å². The van der Waals surface area contributed by atoms with Crippen LogP contribution in [0, 0.1) is 0 Å². The van der Waals surface area contributed by atoms with Crippen molar-refractivity contribution in [3.05, 3.63) is 64.6 Å². The second kappa shape index (κ2) is 9.48. The number of amides is 1. The van der Waals surface area contributed by atoms with Gasteiger partial charge in [0, 0.05) is 16.6 Å². The van der Waals surface area contributed by atoms with E-state index in [1.54, 1.807) is 6.21 Å². The average Bonchev–Trinajstić information content (AvgIpc) is 3.10. The largest absolute Gasteiger partial charge is 0.302 e. The fraction of sp³-hybridized carbons (Fsp3) is 0.158. The predicted octanol–water partition coefficient (Wildman–Crippen LogP) is 3.97. The summed E-state index contributed by atoms with van der Waals surface area (Å²) in [5.41, 5.74) is 4.43. The molecule has 1 heterocycles. The van der Waals surface area contributed by atoms with E-state index in [0.29, 0.717) is 5.16 Å². The molecule has 6 nitrogen and oxygen atoms in total. The molecule has 0 spiro atoms. The lowest BCUT2D eigenvalue weighted by Crippen LogP contribution is -2.20. The summed E-state index contributed by atoms with van der Waals surface area (Å²) >= 11 is 4.74. The third kappa shape index (κ3) is 5.27. The molecular formula is C19H18BrN5OS. The molecule has 0 bridgehead atoms. The highest BCUT2D eigenvalue weighted by atomic mass is 79.9. The first kappa shape index (κ1) is 19.3. The smallest absolute Gasteiger partial charge is 0.250 e. The van der Waals surface area contributed by atoms with Crippen molar-refractivity contribution >= 4 is 39.8 Å². The third-order valence-electron chi connectivity index (χ3n) is 3.65. The maximum Gasteiger partial charge on any atom is 0.250 e. The summed E-state index contributed by atoms with van der Waals surface area (Å²) < 4.78 is 2.96. The number of thioether (sulfide) groups is 1. The topological polar surface area (TPSA) is 72.2 Å². The van der Waals surface area contributed by atoms with Gasteiger partial charge in [-0.25, -0.2) is 5.43 Å². The van der Waals surface area contributed by atoms with Crippen molar-refractivity contribution in [3.8, 4) is 11.4 Å². The average molecular weight is 444 g/mol. The molecule has 0 atom stereocenters. The lowest BCUT2D eigenvalue weighted by Gasteiger charge is -2.06. The van der Waals surface area contributed by atoms with Crippen molar-refractivity contribution in [2.75, 3.05) is 5.75 Å². The van der Waals surface area contributed by atoms with E-state index in [9.17, 15) is 4.79 Å². The molecule has 1 amide bonds. The highest BCUT2D eigenvalue weighted by molar-refractivity contribution is 9.10. The van der Waals surface area contributed by atoms with Gasteiger partial charge in [-0.1, -0.05) is 70.2 Å². The summed E-state index contributed by atoms with van der Waals surface area (Å²) in [6.07, 6.45) is 1.61. The highest BCUT2D eigenvalue weighted by Crippen LogP contribution is 2.23. The van der Waals surface area contributed by atoms with Crippen molar-refractivity contribution in [2.45, 2.75) is 18.6 Å². The van der Waals surface area contributed by atoms with Crippen molar-refractivity contribution in [2.24, 2.45) is 5.10 Å². The van der Waals surface area contributed by atoms with Crippen LogP contribution in [0.1, 0.15) is 12.5 Å². The Kier molecular flexibility index (Phi) is 6.78. The minimum absolute atomic E-state index is 0.196. The number of aromatic nitrogens is 3. The van der Waals surface area contributed by atoms with Crippen molar-refractivity contribution in [1.82, 2.24) is 20.2 Å². The van der Waals surface area contributed by atoms with Gasteiger partial charge in [-0.3, -0.25) is 4.79 Å². The molecule has 0 aliphatic carbocycles. The fourth-order valence-electron chi connectivity index (χ4n) is 2.41. The summed E-state index contributed by atoms with van der Waals surface area (Å²) in [6.45, 7) is 2.75. The number of hydrogen-bond acceptors (Lipinski definition) is 5. The monoisotopic (exact) mass is 443 g/mol. The molecule has 1 N–H and O–H groups in total. The van der Waals surface area contributed by atoms with Gasteiger partial charge in [0.05, 0.1) is 12.0 Å². The fourth-order valence-corrected chi connectivity index (χ4v) is 3.62. The van der Waals surface area contributed by atoms with E-state index in [2.05, 4.69) is 36.7 Å². The van der Waals surface area contributed by atoms with Gasteiger partial charge in [0.15, 0.2) is 11.0 Å². The normalized spacial score (nSPS) is 11.0. The number of carbonyl (C=O) groups excluding carboxylic acids is 1. The Labute approximate surface area is 170 Å². The van der Waals surface area contributed by atoms with Crippen LogP contribution in [-0.4, -0.2) is 32.6 Å². The Bertz CT molecular complexity index is 942. The Morgan fingerprint density at radius 2 is 2.04 bits per heavy atom. The molecule has 27 heavy (non-hydrogen) atoms. The standard InChI is InChI=1S/C19H18BrN5OS/c1-2-25-18(15-8-4-3-5-9-15)23-24-19(25)27-13-17(26)22-21-12-14-7-6-10-16(20)11-14/h3-12H,2,13H2,1H3,(H,22,26)/b21-12+. The molecule has 1 aromatic heterocycles. The molecule has 0 unspecified atom stereocenters. The second-order valence-corrected chi connectivity index (χ2v) is 7.41. The minimum Gasteiger partial charge on any atom is -0.302 e. The van der Waals surface area contributed by atoms with Crippen LogP contribution in [0.4, 0.5) is 0 Å². The molecule has 0 fully saturated rings. The summed E-state index contributed by atoms with van der Waals surface area (Å²) in [6, 6.07) is 17.5. The first-order chi connectivity index (χ1) is 13.2. The van der Waals surface area contributed by atoms with E-state index in [1.807, 2.05) is 66.1 Å². The van der Waals surface area contributed by atoms with Crippen LogP contribution in [0.5, 0.6) is 0 Å². The SMILES string of the molecule is CCn1c(SCC(=O)N/N=C/c2cccc(Br)c2)nnc1-c1ccccc1. The van der Waals surface area contributed by atoms with E-state index < -0.39 is 0 Å². The maximum absolute atomic E-state index is 12.0. The van der Waals surface area contributed by atoms with Crippen LogP contribution in [0.15, 0.2) is 69.3 Å². The highest BCUT2D eigenvalue weighted by Gasteiger charge is 2.14. The number of benzene rings is 2. The number of hydrazone groups is 1. The predicted molar refractivity (Wildman–Crippen MR) is 112 cm³/mol. The van der Waals surface area contributed by atoms with Crippen molar-refractivity contribution < 1.29 is 4.79 Å². The number of hydrogen-bond donors (Lipinski definition) is 1. The Morgan fingerprint density at radius 1 is 1.22 bits per heavy atom. The van der Waals surface area contributed by atoms with Gasteiger partial charge in [0.2, 0.25) is 0 Å². The van der Waals surface area contributed by atoms with Gasteiger partial charge in [0.25, 0.3) is 5.91 Å². The van der Waals surface area contributed by atoms with Crippen LogP contribution in [0.3, 0.4) is 0 Å². The minimum atomic E-state index is -0.196. The molecule has 0 aliphatic rings. The molecular weight excluding hydrogens is 426 g/mol. The lowest BCUT2D eigenvalue weighted by molar-refractivity contribution is -0.118.